The van der Waals surface area contributed by atoms with E-state index in [0.717, 1.165) is 11.8 Å². The molecule has 1 aromatic rings. The summed E-state index contributed by atoms with van der Waals surface area (Å²) >= 11 is 0. The van der Waals surface area contributed by atoms with Crippen molar-refractivity contribution in [2.75, 3.05) is 17.5 Å². The Labute approximate surface area is 108 Å². The van der Waals surface area contributed by atoms with E-state index in [1.165, 1.54) is 0 Å². The topological polar surface area (TPSA) is 78.4 Å². The number of hydrogen-bond acceptors (Lipinski definition) is 4. The Morgan fingerprint density at radius 3 is 2.22 bits per heavy atom. The third-order valence-corrected chi connectivity index (χ3v) is 2.92. The first-order valence-corrected chi connectivity index (χ1v) is 7.66. The number of sulfonamides is 1. The monoisotopic (exact) mass is 272 g/mol. The molecule has 0 amide bonds. The van der Waals surface area contributed by atoms with Crippen LogP contribution in [-0.4, -0.2) is 32.4 Å². The first-order chi connectivity index (χ1) is 8.28. The molecule has 0 heterocycles. The Bertz CT molecular complexity index is 469. The lowest BCUT2D eigenvalue weighted by atomic mass is 10.1. The summed E-state index contributed by atoms with van der Waals surface area (Å²) < 4.78 is 24.4. The second-order valence-corrected chi connectivity index (χ2v) is 6.32. The fraction of sp³-hybridized carbons (Fsp3) is 0.500. The first-order valence-electron chi connectivity index (χ1n) is 5.77. The molecular formula is C12H20N2O3S. The third-order valence-electron chi connectivity index (χ3n) is 2.32. The summed E-state index contributed by atoms with van der Waals surface area (Å²) in [5.41, 5.74) is 1.24. The largest absolute Gasteiger partial charge is 0.387 e. The first kappa shape index (κ1) is 14.9. The molecule has 5 nitrogen and oxygen atoms in total. The van der Waals surface area contributed by atoms with Gasteiger partial charge in [-0.15, -0.1) is 0 Å². The van der Waals surface area contributed by atoms with Crippen molar-refractivity contribution < 1.29 is 13.5 Å². The van der Waals surface area contributed by atoms with Crippen LogP contribution < -0.4 is 10.0 Å². The lowest BCUT2D eigenvalue weighted by Crippen LogP contribution is -2.27. The van der Waals surface area contributed by atoms with Crippen molar-refractivity contribution in [3.05, 3.63) is 29.8 Å². The van der Waals surface area contributed by atoms with Crippen molar-refractivity contribution in [1.82, 2.24) is 5.32 Å². The molecule has 0 saturated heterocycles. The third kappa shape index (κ3) is 5.48. The maximum atomic E-state index is 11.0. The number of anilines is 1. The molecule has 0 bridgehead atoms. The van der Waals surface area contributed by atoms with Gasteiger partial charge in [-0.25, -0.2) is 8.42 Å². The Morgan fingerprint density at radius 1 is 1.22 bits per heavy atom. The van der Waals surface area contributed by atoms with E-state index in [4.69, 9.17) is 0 Å². The van der Waals surface area contributed by atoms with Crippen molar-refractivity contribution in [3.63, 3.8) is 0 Å². The van der Waals surface area contributed by atoms with Gasteiger partial charge >= 0.3 is 0 Å². The number of nitrogens with one attached hydrogen (secondary N) is 2. The van der Waals surface area contributed by atoms with Crippen LogP contribution in [0.1, 0.15) is 25.5 Å². The predicted molar refractivity (Wildman–Crippen MR) is 73.0 cm³/mol. The van der Waals surface area contributed by atoms with Crippen LogP contribution in [0.4, 0.5) is 5.69 Å². The van der Waals surface area contributed by atoms with E-state index in [0.29, 0.717) is 18.3 Å². The van der Waals surface area contributed by atoms with E-state index in [1.54, 1.807) is 24.3 Å². The summed E-state index contributed by atoms with van der Waals surface area (Å²) in [7, 11) is -3.26. The highest BCUT2D eigenvalue weighted by molar-refractivity contribution is 7.92. The highest BCUT2D eigenvalue weighted by atomic mass is 32.2. The summed E-state index contributed by atoms with van der Waals surface area (Å²) in [5, 5.41) is 13.0. The minimum Gasteiger partial charge on any atom is -0.387 e. The quantitative estimate of drug-likeness (QED) is 0.724. The minimum atomic E-state index is -3.26. The van der Waals surface area contributed by atoms with Gasteiger partial charge in [-0.2, -0.15) is 0 Å². The smallest absolute Gasteiger partial charge is 0.229 e. The Morgan fingerprint density at radius 2 is 1.78 bits per heavy atom. The van der Waals surface area contributed by atoms with Crippen molar-refractivity contribution >= 4 is 15.7 Å². The van der Waals surface area contributed by atoms with Gasteiger partial charge in [0, 0.05) is 18.3 Å². The molecule has 0 spiro atoms. The maximum absolute atomic E-state index is 11.0. The number of aliphatic hydroxyl groups is 1. The van der Waals surface area contributed by atoms with Crippen LogP contribution in [0.5, 0.6) is 0 Å². The van der Waals surface area contributed by atoms with E-state index in [1.807, 2.05) is 13.8 Å². The number of aliphatic hydroxyl groups excluding tert-OH is 1. The van der Waals surface area contributed by atoms with Crippen molar-refractivity contribution in [2.24, 2.45) is 0 Å². The van der Waals surface area contributed by atoms with Gasteiger partial charge in [0.1, 0.15) is 0 Å². The molecule has 0 radical (unpaired) electrons. The fourth-order valence-electron chi connectivity index (χ4n) is 1.45. The lowest BCUT2D eigenvalue weighted by molar-refractivity contribution is 0.171. The van der Waals surface area contributed by atoms with E-state index in [2.05, 4.69) is 10.0 Å². The molecule has 102 valence electrons. The highest BCUT2D eigenvalue weighted by Gasteiger charge is 2.08. The summed E-state index contributed by atoms with van der Waals surface area (Å²) in [6.45, 7) is 4.48. The van der Waals surface area contributed by atoms with Crippen LogP contribution in [0.3, 0.4) is 0 Å². The number of hydrogen-bond donors (Lipinski definition) is 3. The molecule has 1 rings (SSSR count). The molecule has 0 saturated carbocycles. The lowest BCUT2D eigenvalue weighted by Gasteiger charge is -2.14. The minimum absolute atomic E-state index is 0.311. The standard InChI is InChI=1S/C12H20N2O3S/c1-9(2)13-8-12(15)10-4-6-11(7-5-10)14-18(3,16)17/h4-7,9,12-15H,8H2,1-3H3/t12-/m0/s1. The predicted octanol–water partition coefficient (Wildman–Crippen LogP) is 1.09. The van der Waals surface area contributed by atoms with E-state index in [9.17, 15) is 13.5 Å². The Kier molecular flexibility index (Phi) is 5.13. The van der Waals surface area contributed by atoms with Crippen LogP contribution in [0, 0.1) is 0 Å². The summed E-state index contributed by atoms with van der Waals surface area (Å²) in [6.07, 6.45) is 0.502. The zero-order valence-corrected chi connectivity index (χ0v) is 11.7. The van der Waals surface area contributed by atoms with Crippen molar-refractivity contribution in [1.29, 1.82) is 0 Å². The Balaban J connectivity index is 2.65. The van der Waals surface area contributed by atoms with Crippen LogP contribution in [0.2, 0.25) is 0 Å². The molecule has 0 aliphatic carbocycles. The maximum Gasteiger partial charge on any atom is 0.229 e. The molecule has 0 unspecified atom stereocenters. The zero-order chi connectivity index (χ0) is 13.8. The van der Waals surface area contributed by atoms with Crippen molar-refractivity contribution in [2.45, 2.75) is 26.0 Å². The number of rotatable bonds is 6. The molecule has 1 atom stereocenters. The summed E-state index contributed by atoms with van der Waals surface area (Å²) in [4.78, 5) is 0. The van der Waals surface area contributed by atoms with E-state index in [-0.39, 0.29) is 0 Å². The van der Waals surface area contributed by atoms with Crippen LogP contribution in [0.15, 0.2) is 24.3 Å². The second-order valence-electron chi connectivity index (χ2n) is 4.57. The Hall–Kier alpha value is -1.11. The SMILES string of the molecule is CC(C)NC[C@H](O)c1ccc(NS(C)(=O)=O)cc1. The van der Waals surface area contributed by atoms with Gasteiger partial charge in [-0.3, -0.25) is 4.72 Å². The fourth-order valence-corrected chi connectivity index (χ4v) is 2.02. The van der Waals surface area contributed by atoms with Gasteiger partial charge in [-0.1, -0.05) is 26.0 Å². The molecule has 18 heavy (non-hydrogen) atoms. The summed E-state index contributed by atoms with van der Waals surface area (Å²) in [5.74, 6) is 0. The molecule has 0 aromatic heterocycles. The molecule has 6 heteroatoms. The average molecular weight is 272 g/mol. The molecule has 1 aromatic carbocycles. The second kappa shape index (κ2) is 6.17. The van der Waals surface area contributed by atoms with E-state index >= 15 is 0 Å². The average Bonchev–Trinajstić information content (AvgIpc) is 2.24. The van der Waals surface area contributed by atoms with Crippen LogP contribution >= 0.6 is 0 Å². The van der Waals surface area contributed by atoms with Gasteiger partial charge in [0.2, 0.25) is 10.0 Å². The molecule has 0 aliphatic rings. The van der Waals surface area contributed by atoms with Gasteiger partial charge in [0.15, 0.2) is 0 Å². The van der Waals surface area contributed by atoms with Crippen LogP contribution in [0.25, 0.3) is 0 Å². The normalized spacial score (nSPS) is 13.6. The van der Waals surface area contributed by atoms with Crippen LogP contribution in [-0.2, 0) is 10.0 Å². The van der Waals surface area contributed by atoms with Gasteiger partial charge in [0.25, 0.3) is 0 Å². The number of benzene rings is 1. The van der Waals surface area contributed by atoms with Gasteiger partial charge in [0.05, 0.1) is 12.4 Å². The van der Waals surface area contributed by atoms with Gasteiger partial charge in [-0.05, 0) is 17.7 Å². The highest BCUT2D eigenvalue weighted by Crippen LogP contribution is 2.16. The molecular weight excluding hydrogens is 252 g/mol. The zero-order valence-electron chi connectivity index (χ0n) is 10.8. The van der Waals surface area contributed by atoms with Crippen molar-refractivity contribution in [3.8, 4) is 0 Å². The summed E-state index contributed by atoms with van der Waals surface area (Å²) in [6, 6.07) is 7.00. The molecule has 3 N–H and O–H groups in total. The molecule has 0 aliphatic heterocycles. The van der Waals surface area contributed by atoms with Gasteiger partial charge < -0.3 is 10.4 Å². The van der Waals surface area contributed by atoms with E-state index < -0.39 is 16.1 Å². The molecule has 0 fully saturated rings.